The number of carboxylic acids is 1. The molecule has 1 atom stereocenters. The number of benzene rings is 1. The number of aromatic nitrogens is 2. The lowest BCUT2D eigenvalue weighted by Crippen LogP contribution is -2.57. The maximum absolute atomic E-state index is 12.9. The van der Waals surface area contributed by atoms with E-state index in [9.17, 15) is 29.1 Å². The lowest BCUT2D eigenvalue weighted by Gasteiger charge is -2.31. The van der Waals surface area contributed by atoms with Crippen molar-refractivity contribution in [1.82, 2.24) is 30.2 Å². The van der Waals surface area contributed by atoms with Crippen LogP contribution in [-0.4, -0.2) is 92.1 Å². The van der Waals surface area contributed by atoms with Crippen molar-refractivity contribution in [3.8, 4) is 0 Å². The third-order valence-electron chi connectivity index (χ3n) is 5.23. The molecule has 3 N–H and O–H groups in total. The molecule has 3 rings (SSSR count). The number of urea groups is 1. The van der Waals surface area contributed by atoms with Crippen LogP contribution < -0.4 is 10.6 Å². The Morgan fingerprint density at radius 3 is 2.49 bits per heavy atom. The van der Waals surface area contributed by atoms with E-state index in [4.69, 9.17) is 4.74 Å². The molecule has 0 aliphatic carbocycles. The maximum Gasteiger partial charge on any atom is 0.408 e. The van der Waals surface area contributed by atoms with Gasteiger partial charge >= 0.3 is 18.1 Å². The van der Waals surface area contributed by atoms with Crippen molar-refractivity contribution < 1.29 is 33.8 Å². The number of aliphatic carboxylic acids is 1. The lowest BCUT2D eigenvalue weighted by molar-refractivity contribution is -0.155. The summed E-state index contributed by atoms with van der Waals surface area (Å²) in [5.41, 5.74) is 0.690. The third kappa shape index (κ3) is 7.62. The zero-order chi connectivity index (χ0) is 26.8. The number of hydrogen-bond acceptors (Lipinski definition) is 9. The number of carbonyl (C=O) groups is 5. The van der Waals surface area contributed by atoms with E-state index in [0.29, 0.717) is 34.5 Å². The molecule has 14 nitrogen and oxygen atoms in total. The van der Waals surface area contributed by atoms with Gasteiger partial charge in [-0.25, -0.2) is 29.4 Å². The Kier molecular flexibility index (Phi) is 9.29. The van der Waals surface area contributed by atoms with Crippen molar-refractivity contribution in [1.29, 1.82) is 0 Å². The smallest absolute Gasteiger partial charge is 0.408 e. The average molecular weight is 514 g/mol. The second-order valence-electron chi connectivity index (χ2n) is 7.96. The topological polar surface area (TPSA) is 174 Å². The molecule has 0 bridgehead atoms. The number of ether oxygens (including phenoxy) is 1. The van der Waals surface area contributed by atoms with Crippen LogP contribution in [0.15, 0.2) is 48.8 Å². The number of alkyl carbamates (subject to hydrolysis) is 1. The first kappa shape index (κ1) is 26.8. The summed E-state index contributed by atoms with van der Waals surface area (Å²) in [6.45, 7) is 0.657. The van der Waals surface area contributed by atoms with Crippen LogP contribution >= 0.6 is 0 Å². The molecule has 1 aliphatic rings. The Morgan fingerprint density at radius 2 is 1.84 bits per heavy atom. The molecule has 14 heteroatoms. The van der Waals surface area contributed by atoms with Gasteiger partial charge in [-0.3, -0.25) is 9.59 Å². The molecule has 5 amide bonds. The van der Waals surface area contributed by atoms with Gasteiger partial charge in [0.15, 0.2) is 0 Å². The van der Waals surface area contributed by atoms with Gasteiger partial charge in [-0.1, -0.05) is 30.3 Å². The fourth-order valence-corrected chi connectivity index (χ4v) is 3.43. The van der Waals surface area contributed by atoms with Crippen LogP contribution in [0, 0.1) is 0 Å². The van der Waals surface area contributed by atoms with Gasteiger partial charge in [0.2, 0.25) is 11.9 Å². The third-order valence-corrected chi connectivity index (χ3v) is 5.23. The highest BCUT2D eigenvalue weighted by atomic mass is 16.5. The van der Waals surface area contributed by atoms with Crippen LogP contribution in [0.5, 0.6) is 0 Å². The molecular weight excluding hydrogens is 486 g/mol. The second kappa shape index (κ2) is 12.8. The predicted octanol–water partition coefficient (Wildman–Crippen LogP) is 0.686. The molecular formula is C23H27N7O7. The summed E-state index contributed by atoms with van der Waals surface area (Å²) in [5, 5.41) is 16.0. The highest BCUT2D eigenvalue weighted by molar-refractivity contribution is 6.03. The number of rotatable bonds is 12. The van der Waals surface area contributed by atoms with E-state index in [1.807, 2.05) is 0 Å². The largest absolute Gasteiger partial charge is 0.480 e. The summed E-state index contributed by atoms with van der Waals surface area (Å²) in [7, 11) is 0. The van der Waals surface area contributed by atoms with E-state index in [1.165, 1.54) is 4.90 Å². The first-order valence-corrected chi connectivity index (χ1v) is 11.4. The van der Waals surface area contributed by atoms with Crippen molar-refractivity contribution in [3.63, 3.8) is 0 Å². The number of anilines is 1. The molecule has 2 heterocycles. The fourth-order valence-electron chi connectivity index (χ4n) is 3.43. The Bertz CT molecular complexity index is 1120. The van der Waals surface area contributed by atoms with Gasteiger partial charge in [-0.05, 0) is 18.1 Å². The van der Waals surface area contributed by atoms with Gasteiger partial charge in [0.25, 0.3) is 5.91 Å². The van der Waals surface area contributed by atoms with Gasteiger partial charge in [-0.15, -0.1) is 0 Å². The zero-order valence-electron chi connectivity index (χ0n) is 20.1. The molecule has 1 aliphatic heterocycles. The number of imide groups is 1. The number of carboxylic acid groups (broad SMARTS) is 1. The quantitative estimate of drug-likeness (QED) is 0.270. The minimum absolute atomic E-state index is 0.0985. The van der Waals surface area contributed by atoms with E-state index in [2.05, 4.69) is 20.6 Å². The van der Waals surface area contributed by atoms with Gasteiger partial charge in [-0.2, -0.15) is 5.01 Å². The zero-order valence-corrected chi connectivity index (χ0v) is 20.1. The standard InChI is InChI=1S/C23H27N7O7/c1-16(31)29(13-18(20(33)34)27-22(35)37-15-17-7-3-2-4-8-17)30-19(32)14-28(23(30)36)12-6-11-26-21-24-9-5-10-25-21/h2-5,7-10,18H,6,11-15H2,1H3,(H,27,35)(H,33,34)(H,24,25,26). The first-order chi connectivity index (χ1) is 17.8. The van der Waals surface area contributed by atoms with Gasteiger partial charge in [0.1, 0.15) is 19.2 Å². The Hall–Kier alpha value is -4.75. The highest BCUT2D eigenvalue weighted by Crippen LogP contribution is 2.15. The van der Waals surface area contributed by atoms with E-state index in [1.54, 1.807) is 48.8 Å². The van der Waals surface area contributed by atoms with Crippen molar-refractivity contribution in [2.75, 3.05) is 31.5 Å². The number of amides is 5. The first-order valence-electron chi connectivity index (χ1n) is 11.4. The Labute approximate surface area is 212 Å². The van der Waals surface area contributed by atoms with E-state index < -0.39 is 42.5 Å². The molecule has 1 saturated heterocycles. The van der Waals surface area contributed by atoms with Crippen molar-refractivity contribution in [3.05, 3.63) is 54.4 Å². The summed E-state index contributed by atoms with van der Waals surface area (Å²) in [4.78, 5) is 71.0. The maximum atomic E-state index is 12.9. The second-order valence-corrected chi connectivity index (χ2v) is 7.96. The average Bonchev–Trinajstić information content (AvgIpc) is 3.16. The minimum atomic E-state index is -1.64. The van der Waals surface area contributed by atoms with Crippen LogP contribution in [-0.2, 0) is 25.7 Å². The number of nitrogens with zero attached hydrogens (tertiary/aromatic N) is 5. The van der Waals surface area contributed by atoms with Crippen molar-refractivity contribution >= 4 is 35.9 Å². The Balaban J connectivity index is 1.56. The fraction of sp³-hybridized carbons (Fsp3) is 0.348. The normalized spacial score (nSPS) is 13.8. The molecule has 1 unspecified atom stereocenters. The van der Waals surface area contributed by atoms with Crippen LogP contribution in [0.1, 0.15) is 18.9 Å². The summed E-state index contributed by atoms with van der Waals surface area (Å²) >= 11 is 0. The Morgan fingerprint density at radius 1 is 1.14 bits per heavy atom. The van der Waals surface area contributed by atoms with Gasteiger partial charge < -0.3 is 25.4 Å². The molecule has 0 spiro atoms. The number of hydrazine groups is 1. The van der Waals surface area contributed by atoms with E-state index >= 15 is 0 Å². The molecule has 196 valence electrons. The number of nitrogens with one attached hydrogen (secondary N) is 2. The van der Waals surface area contributed by atoms with Crippen LogP contribution in [0.2, 0.25) is 0 Å². The SMILES string of the molecule is CC(=O)N(CC(NC(=O)OCc1ccccc1)C(=O)O)N1C(=O)CN(CCCNc2ncccn2)C1=O. The molecule has 2 aromatic rings. The molecule has 1 fully saturated rings. The van der Waals surface area contributed by atoms with Crippen molar-refractivity contribution in [2.45, 2.75) is 26.0 Å². The molecule has 37 heavy (non-hydrogen) atoms. The van der Waals surface area contributed by atoms with Gasteiger partial charge in [0, 0.05) is 32.4 Å². The molecule has 0 saturated carbocycles. The summed E-state index contributed by atoms with van der Waals surface area (Å²) in [5.74, 6) is -2.51. The van der Waals surface area contributed by atoms with Crippen LogP contribution in [0.3, 0.4) is 0 Å². The van der Waals surface area contributed by atoms with Crippen LogP contribution in [0.25, 0.3) is 0 Å². The number of hydrogen-bond donors (Lipinski definition) is 3. The highest BCUT2D eigenvalue weighted by Gasteiger charge is 2.42. The molecule has 0 radical (unpaired) electrons. The van der Waals surface area contributed by atoms with Crippen molar-refractivity contribution in [2.24, 2.45) is 0 Å². The predicted molar refractivity (Wildman–Crippen MR) is 128 cm³/mol. The monoisotopic (exact) mass is 513 g/mol. The number of carbonyl (C=O) groups excluding carboxylic acids is 4. The lowest BCUT2D eigenvalue weighted by atomic mass is 10.2. The molecule has 1 aromatic carbocycles. The van der Waals surface area contributed by atoms with E-state index in [-0.39, 0.29) is 19.7 Å². The summed E-state index contributed by atoms with van der Waals surface area (Å²) in [6, 6.07) is 8.00. The summed E-state index contributed by atoms with van der Waals surface area (Å²) < 4.78 is 5.04. The van der Waals surface area contributed by atoms with E-state index in [0.717, 1.165) is 6.92 Å². The summed E-state index contributed by atoms with van der Waals surface area (Å²) in [6.07, 6.45) is 2.58. The van der Waals surface area contributed by atoms with Gasteiger partial charge in [0.05, 0.1) is 6.54 Å². The minimum Gasteiger partial charge on any atom is -0.480 e. The molecule has 1 aromatic heterocycles. The van der Waals surface area contributed by atoms with Crippen LogP contribution in [0.4, 0.5) is 15.5 Å².